The lowest BCUT2D eigenvalue weighted by Crippen LogP contribution is -2.12. The SMILES string of the molecule is Cl.N[C@H](c1cncc(Br)c1)C1CC1. The molecular formula is C9H12BrClN2. The third-order valence-electron chi connectivity index (χ3n) is 2.24. The molecule has 0 bridgehead atoms. The zero-order chi connectivity index (χ0) is 8.55. The van der Waals surface area contributed by atoms with Crippen molar-refractivity contribution in [3.8, 4) is 0 Å². The molecule has 1 fully saturated rings. The van der Waals surface area contributed by atoms with Crippen LogP contribution in [-0.2, 0) is 0 Å². The maximum atomic E-state index is 6.01. The summed E-state index contributed by atoms with van der Waals surface area (Å²) in [6.45, 7) is 0. The number of hydrogen-bond acceptors (Lipinski definition) is 2. The zero-order valence-corrected chi connectivity index (χ0v) is 9.51. The fourth-order valence-corrected chi connectivity index (χ4v) is 1.72. The molecule has 1 aromatic rings. The van der Waals surface area contributed by atoms with E-state index in [9.17, 15) is 0 Å². The van der Waals surface area contributed by atoms with Gasteiger partial charge in [-0.2, -0.15) is 0 Å². The quantitative estimate of drug-likeness (QED) is 0.891. The molecule has 1 saturated carbocycles. The molecule has 1 aromatic heterocycles. The molecule has 1 aliphatic rings. The van der Waals surface area contributed by atoms with E-state index in [0.29, 0.717) is 5.92 Å². The number of nitrogens with zero attached hydrogens (tertiary/aromatic N) is 1. The Kier molecular flexibility index (Phi) is 3.71. The Morgan fingerprint density at radius 1 is 1.46 bits per heavy atom. The minimum Gasteiger partial charge on any atom is -0.324 e. The van der Waals surface area contributed by atoms with Gasteiger partial charge in [-0.15, -0.1) is 12.4 Å². The second kappa shape index (κ2) is 4.40. The summed E-state index contributed by atoms with van der Waals surface area (Å²) < 4.78 is 1.01. The molecule has 0 saturated heterocycles. The molecule has 0 unspecified atom stereocenters. The van der Waals surface area contributed by atoms with Crippen LogP contribution in [0.3, 0.4) is 0 Å². The summed E-state index contributed by atoms with van der Waals surface area (Å²) in [5.74, 6) is 0.695. The maximum absolute atomic E-state index is 6.01. The molecule has 0 amide bonds. The topological polar surface area (TPSA) is 38.9 Å². The molecule has 4 heteroatoms. The van der Waals surface area contributed by atoms with Crippen LogP contribution in [0.1, 0.15) is 24.4 Å². The van der Waals surface area contributed by atoms with E-state index in [1.54, 1.807) is 6.20 Å². The van der Waals surface area contributed by atoms with Crippen molar-refractivity contribution in [1.29, 1.82) is 0 Å². The first kappa shape index (κ1) is 11.0. The van der Waals surface area contributed by atoms with E-state index < -0.39 is 0 Å². The van der Waals surface area contributed by atoms with Crippen molar-refractivity contribution in [3.05, 3.63) is 28.5 Å². The molecule has 2 rings (SSSR count). The first-order valence-corrected chi connectivity index (χ1v) is 4.92. The summed E-state index contributed by atoms with van der Waals surface area (Å²) in [5, 5.41) is 0. The molecule has 13 heavy (non-hydrogen) atoms. The van der Waals surface area contributed by atoms with Gasteiger partial charge in [0.15, 0.2) is 0 Å². The number of hydrogen-bond donors (Lipinski definition) is 1. The lowest BCUT2D eigenvalue weighted by molar-refractivity contribution is 0.630. The van der Waals surface area contributed by atoms with Crippen LogP contribution in [0.15, 0.2) is 22.9 Å². The Balaban J connectivity index is 0.000000845. The molecule has 0 spiro atoms. The molecular weight excluding hydrogens is 251 g/mol. The van der Waals surface area contributed by atoms with E-state index in [0.717, 1.165) is 10.0 Å². The normalized spacial score (nSPS) is 17.7. The summed E-state index contributed by atoms with van der Waals surface area (Å²) in [6, 6.07) is 2.24. The van der Waals surface area contributed by atoms with Gasteiger partial charge in [-0.25, -0.2) is 0 Å². The Bertz CT molecular complexity index is 289. The second-order valence-corrected chi connectivity index (χ2v) is 4.22. The molecule has 1 aliphatic carbocycles. The first-order valence-electron chi connectivity index (χ1n) is 4.13. The van der Waals surface area contributed by atoms with E-state index in [4.69, 9.17) is 5.73 Å². The smallest absolute Gasteiger partial charge is 0.0410 e. The van der Waals surface area contributed by atoms with Gasteiger partial charge in [0.05, 0.1) is 0 Å². The van der Waals surface area contributed by atoms with Gasteiger partial charge >= 0.3 is 0 Å². The zero-order valence-electron chi connectivity index (χ0n) is 7.11. The average Bonchev–Trinajstić information content (AvgIpc) is 2.85. The predicted molar refractivity (Wildman–Crippen MR) is 58.8 cm³/mol. The highest BCUT2D eigenvalue weighted by molar-refractivity contribution is 9.10. The Morgan fingerprint density at radius 2 is 2.15 bits per heavy atom. The molecule has 1 heterocycles. The number of pyridine rings is 1. The van der Waals surface area contributed by atoms with Crippen molar-refractivity contribution in [3.63, 3.8) is 0 Å². The summed E-state index contributed by atoms with van der Waals surface area (Å²) in [6.07, 6.45) is 6.18. The standard InChI is InChI=1S/C9H11BrN2.ClH/c10-8-3-7(4-12-5-8)9(11)6-1-2-6;/h3-6,9H,1-2,11H2;1H/t9-;/m0./s1. The van der Waals surface area contributed by atoms with Gasteiger partial charge in [0.1, 0.15) is 0 Å². The van der Waals surface area contributed by atoms with Crippen LogP contribution >= 0.6 is 28.3 Å². The maximum Gasteiger partial charge on any atom is 0.0410 e. The predicted octanol–water partition coefficient (Wildman–Crippen LogP) is 2.68. The van der Waals surface area contributed by atoms with Gasteiger partial charge in [0.25, 0.3) is 0 Å². The third-order valence-corrected chi connectivity index (χ3v) is 2.67. The van der Waals surface area contributed by atoms with Gasteiger partial charge in [0, 0.05) is 22.9 Å². The summed E-state index contributed by atoms with van der Waals surface area (Å²) in [4.78, 5) is 4.09. The summed E-state index contributed by atoms with van der Waals surface area (Å²) in [7, 11) is 0. The number of aromatic nitrogens is 1. The van der Waals surface area contributed by atoms with Crippen LogP contribution in [0.4, 0.5) is 0 Å². The van der Waals surface area contributed by atoms with Crippen LogP contribution < -0.4 is 5.73 Å². The van der Waals surface area contributed by atoms with E-state index in [1.807, 2.05) is 6.20 Å². The van der Waals surface area contributed by atoms with Crippen LogP contribution in [0.2, 0.25) is 0 Å². The molecule has 72 valence electrons. The molecule has 1 atom stereocenters. The van der Waals surface area contributed by atoms with Crippen molar-refractivity contribution in [1.82, 2.24) is 4.98 Å². The van der Waals surface area contributed by atoms with Crippen LogP contribution in [0, 0.1) is 5.92 Å². The highest BCUT2D eigenvalue weighted by Crippen LogP contribution is 2.39. The average molecular weight is 264 g/mol. The molecule has 0 aliphatic heterocycles. The minimum atomic E-state index is 0. The van der Waals surface area contributed by atoms with E-state index in [2.05, 4.69) is 27.0 Å². The van der Waals surface area contributed by atoms with E-state index in [-0.39, 0.29) is 18.4 Å². The van der Waals surface area contributed by atoms with E-state index in [1.165, 1.54) is 12.8 Å². The Labute approximate surface area is 92.5 Å². The lowest BCUT2D eigenvalue weighted by atomic mass is 10.1. The number of nitrogens with two attached hydrogens (primary N) is 1. The fraction of sp³-hybridized carbons (Fsp3) is 0.444. The monoisotopic (exact) mass is 262 g/mol. The Hall–Kier alpha value is -0.120. The fourth-order valence-electron chi connectivity index (χ4n) is 1.34. The Morgan fingerprint density at radius 3 is 2.69 bits per heavy atom. The van der Waals surface area contributed by atoms with Gasteiger partial charge in [0.2, 0.25) is 0 Å². The van der Waals surface area contributed by atoms with Crippen molar-refractivity contribution < 1.29 is 0 Å². The molecule has 0 aromatic carbocycles. The van der Waals surface area contributed by atoms with Gasteiger partial charge < -0.3 is 5.73 Å². The second-order valence-electron chi connectivity index (χ2n) is 3.30. The van der Waals surface area contributed by atoms with Crippen molar-refractivity contribution in [2.45, 2.75) is 18.9 Å². The first-order chi connectivity index (χ1) is 5.77. The third kappa shape index (κ3) is 2.66. The largest absolute Gasteiger partial charge is 0.324 e. The summed E-state index contributed by atoms with van der Waals surface area (Å²) >= 11 is 3.38. The number of rotatable bonds is 2. The van der Waals surface area contributed by atoms with Crippen molar-refractivity contribution >= 4 is 28.3 Å². The summed E-state index contributed by atoms with van der Waals surface area (Å²) in [5.41, 5.74) is 7.15. The van der Waals surface area contributed by atoms with Crippen molar-refractivity contribution in [2.24, 2.45) is 11.7 Å². The molecule has 0 radical (unpaired) electrons. The van der Waals surface area contributed by atoms with Crippen LogP contribution in [-0.4, -0.2) is 4.98 Å². The van der Waals surface area contributed by atoms with Gasteiger partial charge in [-0.3, -0.25) is 4.98 Å². The highest BCUT2D eigenvalue weighted by atomic mass is 79.9. The highest BCUT2D eigenvalue weighted by Gasteiger charge is 2.29. The van der Waals surface area contributed by atoms with Crippen molar-refractivity contribution in [2.75, 3.05) is 0 Å². The van der Waals surface area contributed by atoms with E-state index >= 15 is 0 Å². The van der Waals surface area contributed by atoms with Crippen LogP contribution in [0.5, 0.6) is 0 Å². The van der Waals surface area contributed by atoms with Gasteiger partial charge in [-0.1, -0.05) is 0 Å². The number of halogens is 2. The molecule has 2 nitrogen and oxygen atoms in total. The lowest BCUT2D eigenvalue weighted by Gasteiger charge is -2.09. The van der Waals surface area contributed by atoms with Gasteiger partial charge in [-0.05, 0) is 46.3 Å². The van der Waals surface area contributed by atoms with Crippen LogP contribution in [0.25, 0.3) is 0 Å². The minimum absolute atomic E-state index is 0. The molecule has 2 N–H and O–H groups in total.